The zero-order valence-corrected chi connectivity index (χ0v) is 10.4. The van der Waals surface area contributed by atoms with E-state index in [2.05, 4.69) is 15.0 Å². The predicted octanol–water partition coefficient (Wildman–Crippen LogP) is 0.216. The summed E-state index contributed by atoms with van der Waals surface area (Å²) in [5.74, 6) is 0.444. The SMILES string of the molecule is O=S(=O)(CCCCl)NCCCn1ccnn1. The molecular weight excluding hydrogens is 252 g/mol. The molecule has 0 radical (unpaired) electrons. The van der Waals surface area contributed by atoms with Crippen LogP contribution >= 0.6 is 11.6 Å². The zero-order chi connectivity index (χ0) is 11.9. The summed E-state index contributed by atoms with van der Waals surface area (Å²) in [4.78, 5) is 0. The van der Waals surface area contributed by atoms with E-state index in [1.54, 1.807) is 17.1 Å². The molecule has 0 atom stereocenters. The van der Waals surface area contributed by atoms with Gasteiger partial charge < -0.3 is 0 Å². The van der Waals surface area contributed by atoms with Crippen molar-refractivity contribution in [3.05, 3.63) is 12.4 Å². The van der Waals surface area contributed by atoms with Gasteiger partial charge in [0.1, 0.15) is 0 Å². The highest BCUT2D eigenvalue weighted by molar-refractivity contribution is 7.89. The molecule has 0 spiro atoms. The lowest BCUT2D eigenvalue weighted by atomic mass is 10.4. The third-order valence-corrected chi connectivity index (χ3v) is 3.64. The van der Waals surface area contributed by atoms with Gasteiger partial charge in [-0.25, -0.2) is 13.1 Å². The van der Waals surface area contributed by atoms with Gasteiger partial charge in [-0.05, 0) is 12.8 Å². The Morgan fingerprint density at radius 1 is 1.38 bits per heavy atom. The largest absolute Gasteiger partial charge is 0.253 e. The minimum Gasteiger partial charge on any atom is -0.253 e. The van der Waals surface area contributed by atoms with Gasteiger partial charge in [-0.1, -0.05) is 5.21 Å². The van der Waals surface area contributed by atoms with Crippen LogP contribution in [-0.2, 0) is 16.6 Å². The van der Waals surface area contributed by atoms with Crippen LogP contribution in [0.3, 0.4) is 0 Å². The highest BCUT2D eigenvalue weighted by Crippen LogP contribution is 1.93. The van der Waals surface area contributed by atoms with Crippen LogP contribution in [-0.4, -0.2) is 41.6 Å². The van der Waals surface area contributed by atoms with Crippen molar-refractivity contribution in [1.29, 1.82) is 0 Å². The third kappa shape index (κ3) is 5.43. The van der Waals surface area contributed by atoms with E-state index in [-0.39, 0.29) is 5.75 Å². The first-order chi connectivity index (χ1) is 7.64. The number of aromatic nitrogens is 3. The second-order valence-electron chi connectivity index (χ2n) is 3.28. The third-order valence-electron chi connectivity index (χ3n) is 1.90. The fourth-order valence-corrected chi connectivity index (χ4v) is 2.55. The molecule has 0 saturated heterocycles. The molecule has 0 aliphatic carbocycles. The molecule has 1 aromatic rings. The summed E-state index contributed by atoms with van der Waals surface area (Å²) in [6.07, 6.45) is 4.48. The topological polar surface area (TPSA) is 76.9 Å². The normalized spacial score (nSPS) is 11.8. The molecule has 16 heavy (non-hydrogen) atoms. The molecule has 8 heteroatoms. The van der Waals surface area contributed by atoms with E-state index in [0.29, 0.717) is 31.8 Å². The van der Waals surface area contributed by atoms with Crippen molar-refractivity contribution < 1.29 is 8.42 Å². The zero-order valence-electron chi connectivity index (χ0n) is 8.84. The molecule has 0 aliphatic rings. The van der Waals surface area contributed by atoms with E-state index in [9.17, 15) is 8.42 Å². The van der Waals surface area contributed by atoms with Crippen molar-refractivity contribution >= 4 is 21.6 Å². The van der Waals surface area contributed by atoms with Gasteiger partial charge in [0.2, 0.25) is 10.0 Å². The predicted molar refractivity (Wildman–Crippen MR) is 61.8 cm³/mol. The van der Waals surface area contributed by atoms with E-state index >= 15 is 0 Å². The molecule has 1 heterocycles. The number of halogens is 1. The fraction of sp³-hybridized carbons (Fsp3) is 0.750. The van der Waals surface area contributed by atoms with Gasteiger partial charge in [0, 0.05) is 25.2 Å². The summed E-state index contributed by atoms with van der Waals surface area (Å²) in [7, 11) is -3.16. The lowest BCUT2D eigenvalue weighted by molar-refractivity contribution is 0.542. The first-order valence-electron chi connectivity index (χ1n) is 5.01. The molecule has 92 valence electrons. The van der Waals surface area contributed by atoms with Crippen LogP contribution < -0.4 is 4.72 Å². The number of sulfonamides is 1. The van der Waals surface area contributed by atoms with Crippen LogP contribution in [0.5, 0.6) is 0 Å². The van der Waals surface area contributed by atoms with Crippen molar-refractivity contribution in [2.75, 3.05) is 18.2 Å². The van der Waals surface area contributed by atoms with Gasteiger partial charge in [-0.3, -0.25) is 4.68 Å². The first kappa shape index (κ1) is 13.4. The second kappa shape index (κ2) is 6.82. The number of hydrogen-bond acceptors (Lipinski definition) is 4. The molecule has 0 aromatic carbocycles. The van der Waals surface area contributed by atoms with Crippen molar-refractivity contribution in [2.45, 2.75) is 19.4 Å². The molecule has 1 aromatic heterocycles. The van der Waals surface area contributed by atoms with Gasteiger partial charge in [-0.2, -0.15) is 0 Å². The monoisotopic (exact) mass is 266 g/mol. The summed E-state index contributed by atoms with van der Waals surface area (Å²) >= 11 is 5.43. The number of alkyl halides is 1. The summed E-state index contributed by atoms with van der Waals surface area (Å²) in [6.45, 7) is 1.06. The van der Waals surface area contributed by atoms with Crippen molar-refractivity contribution in [3.8, 4) is 0 Å². The Labute approximate surface area is 100 Å². The lowest BCUT2D eigenvalue weighted by Crippen LogP contribution is -2.28. The Balaban J connectivity index is 2.15. The number of rotatable bonds is 8. The molecule has 0 amide bonds. The first-order valence-corrected chi connectivity index (χ1v) is 7.20. The lowest BCUT2D eigenvalue weighted by Gasteiger charge is -2.05. The molecule has 6 nitrogen and oxygen atoms in total. The molecule has 1 rings (SSSR count). The summed E-state index contributed by atoms with van der Waals surface area (Å²) < 4.78 is 26.9. The van der Waals surface area contributed by atoms with E-state index in [1.807, 2.05) is 0 Å². The minimum atomic E-state index is -3.16. The van der Waals surface area contributed by atoms with Gasteiger partial charge >= 0.3 is 0 Å². The summed E-state index contributed by atoms with van der Waals surface area (Å²) in [5.41, 5.74) is 0. The summed E-state index contributed by atoms with van der Waals surface area (Å²) in [5, 5.41) is 7.42. The molecule has 0 aliphatic heterocycles. The number of hydrogen-bond donors (Lipinski definition) is 1. The Bertz CT molecular complexity index is 379. The smallest absolute Gasteiger partial charge is 0.211 e. The van der Waals surface area contributed by atoms with Crippen molar-refractivity contribution in [3.63, 3.8) is 0 Å². The average molecular weight is 267 g/mol. The van der Waals surface area contributed by atoms with Crippen LogP contribution in [0.4, 0.5) is 0 Å². The Morgan fingerprint density at radius 3 is 2.81 bits per heavy atom. The Kier molecular flexibility index (Phi) is 5.72. The van der Waals surface area contributed by atoms with E-state index in [1.165, 1.54) is 0 Å². The molecule has 0 bridgehead atoms. The quantitative estimate of drug-likeness (QED) is 0.539. The Hall–Kier alpha value is -0.660. The maximum atomic E-state index is 11.3. The highest BCUT2D eigenvalue weighted by Gasteiger charge is 2.07. The van der Waals surface area contributed by atoms with Crippen LogP contribution in [0.2, 0.25) is 0 Å². The Morgan fingerprint density at radius 2 is 2.19 bits per heavy atom. The van der Waals surface area contributed by atoms with Crippen molar-refractivity contribution in [1.82, 2.24) is 19.7 Å². The number of nitrogens with one attached hydrogen (secondary N) is 1. The van der Waals surface area contributed by atoms with Crippen LogP contribution in [0.15, 0.2) is 12.4 Å². The maximum Gasteiger partial charge on any atom is 0.211 e. The van der Waals surface area contributed by atoms with Gasteiger partial charge in [0.05, 0.1) is 11.9 Å². The van der Waals surface area contributed by atoms with Crippen LogP contribution in [0.1, 0.15) is 12.8 Å². The average Bonchev–Trinajstić information content (AvgIpc) is 2.75. The second-order valence-corrected chi connectivity index (χ2v) is 5.58. The number of aryl methyl sites for hydroxylation is 1. The highest BCUT2D eigenvalue weighted by atomic mass is 35.5. The van der Waals surface area contributed by atoms with E-state index in [0.717, 1.165) is 0 Å². The fourth-order valence-electron chi connectivity index (χ4n) is 1.14. The molecule has 0 saturated carbocycles. The van der Waals surface area contributed by atoms with Gasteiger partial charge in [0.25, 0.3) is 0 Å². The van der Waals surface area contributed by atoms with E-state index in [4.69, 9.17) is 11.6 Å². The van der Waals surface area contributed by atoms with Gasteiger partial charge in [0.15, 0.2) is 0 Å². The molecule has 1 N–H and O–H groups in total. The number of nitrogens with zero attached hydrogens (tertiary/aromatic N) is 3. The van der Waals surface area contributed by atoms with Crippen LogP contribution in [0, 0.1) is 0 Å². The summed E-state index contributed by atoms with van der Waals surface area (Å²) in [6, 6.07) is 0. The van der Waals surface area contributed by atoms with Crippen molar-refractivity contribution in [2.24, 2.45) is 0 Å². The maximum absolute atomic E-state index is 11.3. The van der Waals surface area contributed by atoms with E-state index < -0.39 is 10.0 Å². The molecule has 0 unspecified atom stereocenters. The molecular formula is C8H15ClN4O2S. The van der Waals surface area contributed by atoms with Crippen LogP contribution in [0.25, 0.3) is 0 Å². The standard InChI is InChI=1S/C8H15ClN4O2S/c9-3-1-8-16(14,15)11-4-2-6-13-7-5-10-12-13/h5,7,11H,1-4,6,8H2. The minimum absolute atomic E-state index is 0.0832. The van der Waals surface area contributed by atoms with Gasteiger partial charge in [-0.15, -0.1) is 16.7 Å². The molecule has 0 fully saturated rings.